The Bertz CT molecular complexity index is 980. The molecule has 0 aliphatic heterocycles. The minimum Gasteiger partial charge on any atom is -0.494 e. The average molecular weight is 411 g/mol. The Balaban J connectivity index is 2.62. The molecule has 0 aliphatic carbocycles. The van der Waals surface area contributed by atoms with E-state index in [0.29, 0.717) is 6.07 Å². The maximum absolute atomic E-state index is 14.2. The van der Waals surface area contributed by atoms with E-state index in [1.807, 2.05) is 0 Å². The van der Waals surface area contributed by atoms with Crippen molar-refractivity contribution in [2.45, 2.75) is 24.8 Å². The summed E-state index contributed by atoms with van der Waals surface area (Å²) in [5, 5.41) is 0. The molecule has 5 nitrogen and oxygen atoms in total. The van der Waals surface area contributed by atoms with Gasteiger partial charge in [-0.05, 0) is 26.0 Å². The Morgan fingerprint density at radius 2 is 1.56 bits per heavy atom. The van der Waals surface area contributed by atoms with Gasteiger partial charge in [0.05, 0.1) is 18.9 Å². The van der Waals surface area contributed by atoms with Crippen LogP contribution in [-0.2, 0) is 10.0 Å². The fourth-order valence-electron chi connectivity index (χ4n) is 2.11. The molecule has 2 rings (SSSR count). The molecule has 0 atom stereocenters. The lowest BCUT2D eigenvalue weighted by atomic mass is 10.3. The van der Waals surface area contributed by atoms with Crippen molar-refractivity contribution in [3.05, 3.63) is 47.3 Å². The van der Waals surface area contributed by atoms with Crippen LogP contribution in [0.2, 0.25) is 0 Å². The van der Waals surface area contributed by atoms with Crippen LogP contribution in [-0.4, -0.2) is 21.6 Å². The Morgan fingerprint density at radius 3 is 2.07 bits per heavy atom. The molecule has 0 aliphatic rings. The van der Waals surface area contributed by atoms with Crippen molar-refractivity contribution in [2.75, 3.05) is 11.8 Å². The molecule has 1 N–H and O–H groups in total. The number of rotatable bonds is 6. The first-order chi connectivity index (χ1) is 12.5. The van der Waals surface area contributed by atoms with E-state index in [1.165, 1.54) is 21.0 Å². The van der Waals surface area contributed by atoms with Crippen LogP contribution in [0.4, 0.5) is 27.6 Å². The largest absolute Gasteiger partial charge is 0.494 e. The Labute approximate surface area is 151 Å². The molecule has 2 aromatic carbocycles. The number of ether oxygens (including phenoxy) is 2. The molecular weight excluding hydrogens is 397 g/mol. The molecule has 2 aromatic rings. The fourth-order valence-corrected chi connectivity index (χ4v) is 3.36. The van der Waals surface area contributed by atoms with Gasteiger partial charge < -0.3 is 9.47 Å². The zero-order valence-corrected chi connectivity index (χ0v) is 15.1. The number of nitrogens with one attached hydrogen (secondary N) is 1. The van der Waals surface area contributed by atoms with Gasteiger partial charge in [0.2, 0.25) is 11.6 Å². The molecule has 0 saturated carbocycles. The Hall–Kier alpha value is -2.56. The van der Waals surface area contributed by atoms with E-state index in [4.69, 9.17) is 4.74 Å². The van der Waals surface area contributed by atoms with E-state index in [2.05, 4.69) is 4.74 Å². The number of anilines is 1. The SMILES string of the molecule is COc1ccc(NS(=O)(=O)c2c(F)c(F)c(F)c(F)c2OC(C)C)cc1F. The molecule has 0 bridgehead atoms. The molecule has 27 heavy (non-hydrogen) atoms. The van der Waals surface area contributed by atoms with E-state index in [0.717, 1.165) is 12.1 Å². The van der Waals surface area contributed by atoms with Crippen LogP contribution in [0.15, 0.2) is 23.1 Å². The lowest BCUT2D eigenvalue weighted by Crippen LogP contribution is -2.21. The highest BCUT2D eigenvalue weighted by Crippen LogP contribution is 2.36. The molecule has 0 fully saturated rings. The number of benzene rings is 2. The quantitative estimate of drug-likeness (QED) is 0.444. The maximum atomic E-state index is 14.2. The monoisotopic (exact) mass is 411 g/mol. The second kappa shape index (κ2) is 7.59. The van der Waals surface area contributed by atoms with Crippen LogP contribution >= 0.6 is 0 Å². The van der Waals surface area contributed by atoms with Gasteiger partial charge in [0.15, 0.2) is 33.8 Å². The summed E-state index contributed by atoms with van der Waals surface area (Å²) in [5.74, 6) is -11.2. The minimum absolute atomic E-state index is 0.202. The lowest BCUT2D eigenvalue weighted by Gasteiger charge is -2.17. The summed E-state index contributed by atoms with van der Waals surface area (Å²) in [6.45, 7) is 2.67. The second-order valence-corrected chi connectivity index (χ2v) is 7.15. The highest BCUT2D eigenvalue weighted by atomic mass is 32.2. The molecule has 0 aromatic heterocycles. The van der Waals surface area contributed by atoms with E-state index in [-0.39, 0.29) is 5.75 Å². The highest BCUT2D eigenvalue weighted by Gasteiger charge is 2.35. The smallest absolute Gasteiger partial charge is 0.268 e. The second-order valence-electron chi connectivity index (χ2n) is 5.54. The summed E-state index contributed by atoms with van der Waals surface area (Å²) in [7, 11) is -3.84. The lowest BCUT2D eigenvalue weighted by molar-refractivity contribution is 0.214. The van der Waals surface area contributed by atoms with Gasteiger partial charge in [-0.1, -0.05) is 0 Å². The van der Waals surface area contributed by atoms with Gasteiger partial charge in [-0.3, -0.25) is 4.72 Å². The van der Waals surface area contributed by atoms with Crippen molar-refractivity contribution in [1.29, 1.82) is 0 Å². The molecule has 0 unspecified atom stereocenters. The molecule has 0 amide bonds. The third kappa shape index (κ3) is 4.07. The van der Waals surface area contributed by atoms with Crippen molar-refractivity contribution in [3.63, 3.8) is 0 Å². The molecule has 11 heteroatoms. The van der Waals surface area contributed by atoms with Gasteiger partial charge in [0.1, 0.15) is 0 Å². The van der Waals surface area contributed by atoms with Gasteiger partial charge in [0.25, 0.3) is 10.0 Å². The maximum Gasteiger partial charge on any atom is 0.268 e. The minimum atomic E-state index is -5.02. The summed E-state index contributed by atoms with van der Waals surface area (Å²) >= 11 is 0. The van der Waals surface area contributed by atoms with Gasteiger partial charge in [-0.15, -0.1) is 0 Å². The van der Waals surface area contributed by atoms with Crippen molar-refractivity contribution in [3.8, 4) is 11.5 Å². The first-order valence-corrected chi connectivity index (χ1v) is 8.86. The first kappa shape index (κ1) is 20.7. The normalized spacial score (nSPS) is 11.6. The third-order valence-electron chi connectivity index (χ3n) is 3.21. The number of hydrogen-bond acceptors (Lipinski definition) is 4. The molecule has 148 valence electrons. The molecule has 0 spiro atoms. The summed E-state index contributed by atoms with van der Waals surface area (Å²) < 4.78 is 105. The van der Waals surface area contributed by atoms with Crippen LogP contribution in [0.25, 0.3) is 0 Å². The first-order valence-electron chi connectivity index (χ1n) is 7.38. The van der Waals surface area contributed by atoms with Crippen molar-refractivity contribution in [1.82, 2.24) is 0 Å². The Morgan fingerprint density at radius 1 is 0.963 bits per heavy atom. The van der Waals surface area contributed by atoms with Crippen molar-refractivity contribution >= 4 is 15.7 Å². The average Bonchev–Trinajstić information content (AvgIpc) is 2.57. The van der Waals surface area contributed by atoms with E-state index in [1.54, 1.807) is 4.72 Å². The predicted octanol–water partition coefficient (Wildman–Crippen LogP) is 3.98. The topological polar surface area (TPSA) is 64.6 Å². The van der Waals surface area contributed by atoms with Crippen LogP contribution in [0, 0.1) is 29.1 Å². The van der Waals surface area contributed by atoms with Crippen LogP contribution in [0.5, 0.6) is 11.5 Å². The molecule has 0 heterocycles. The number of hydrogen-bond donors (Lipinski definition) is 1. The van der Waals surface area contributed by atoms with Crippen molar-refractivity contribution in [2.24, 2.45) is 0 Å². The van der Waals surface area contributed by atoms with E-state index >= 15 is 0 Å². The highest BCUT2D eigenvalue weighted by molar-refractivity contribution is 7.92. The zero-order chi connectivity index (χ0) is 20.5. The van der Waals surface area contributed by atoms with E-state index in [9.17, 15) is 30.4 Å². The van der Waals surface area contributed by atoms with Crippen molar-refractivity contribution < 1.29 is 39.8 Å². The standard InChI is InChI=1S/C16H14F5NO4S/c1-7(2)26-15-13(20)11(18)12(19)14(21)16(15)27(23,24)22-8-4-5-10(25-3)9(17)6-8/h4-7,22H,1-3H3. The number of sulfonamides is 1. The zero-order valence-electron chi connectivity index (χ0n) is 14.2. The fraction of sp³-hybridized carbons (Fsp3) is 0.250. The summed E-state index contributed by atoms with van der Waals surface area (Å²) in [4.78, 5) is -1.58. The van der Waals surface area contributed by atoms with Crippen LogP contribution in [0.3, 0.4) is 0 Å². The van der Waals surface area contributed by atoms with Gasteiger partial charge >= 0.3 is 0 Å². The predicted molar refractivity (Wildman–Crippen MR) is 85.8 cm³/mol. The summed E-state index contributed by atoms with van der Waals surface area (Å²) in [5.41, 5.74) is -0.395. The van der Waals surface area contributed by atoms with E-state index < -0.39 is 61.5 Å². The number of halogens is 5. The van der Waals surface area contributed by atoms with Crippen LogP contribution < -0.4 is 14.2 Å². The van der Waals surface area contributed by atoms with Gasteiger partial charge in [-0.2, -0.15) is 4.39 Å². The Kier molecular flexibility index (Phi) is 5.83. The third-order valence-corrected chi connectivity index (χ3v) is 4.62. The summed E-state index contributed by atoms with van der Waals surface area (Å²) in [6, 6.07) is 2.84. The summed E-state index contributed by atoms with van der Waals surface area (Å²) in [6.07, 6.45) is -0.892. The molecular formula is C16H14F5NO4S. The van der Waals surface area contributed by atoms with Gasteiger partial charge in [0, 0.05) is 6.07 Å². The number of methoxy groups -OCH3 is 1. The van der Waals surface area contributed by atoms with Gasteiger partial charge in [-0.25, -0.2) is 26.0 Å². The molecule has 0 saturated heterocycles. The molecule has 0 radical (unpaired) electrons. The van der Waals surface area contributed by atoms with Crippen LogP contribution in [0.1, 0.15) is 13.8 Å².